The second-order valence-corrected chi connectivity index (χ2v) is 4.41. The summed E-state index contributed by atoms with van der Waals surface area (Å²) in [4.78, 5) is 12.8. The molecule has 5 heteroatoms. The van der Waals surface area contributed by atoms with Gasteiger partial charge in [0.05, 0.1) is 12.6 Å². The highest BCUT2D eigenvalue weighted by Crippen LogP contribution is 2.16. The quantitative estimate of drug-likeness (QED) is 0.789. The molecule has 1 aromatic heterocycles. The lowest BCUT2D eigenvalue weighted by Gasteiger charge is -2.15. The predicted molar refractivity (Wildman–Crippen MR) is 63.0 cm³/mol. The molecule has 0 amide bonds. The smallest absolute Gasteiger partial charge is 0.372 e. The van der Waals surface area contributed by atoms with Crippen molar-refractivity contribution in [3.05, 3.63) is 23.2 Å². The first-order chi connectivity index (χ1) is 7.90. The summed E-state index contributed by atoms with van der Waals surface area (Å²) < 4.78 is 5.25. The summed E-state index contributed by atoms with van der Waals surface area (Å²) in [5.74, 6) is -0.405. The Morgan fingerprint density at radius 1 is 1.59 bits per heavy atom. The van der Waals surface area contributed by atoms with Gasteiger partial charge in [0.2, 0.25) is 5.76 Å². The lowest BCUT2D eigenvalue weighted by atomic mass is 10.2. The minimum absolute atomic E-state index is 0.00364. The molecule has 2 N–H and O–H groups in total. The van der Waals surface area contributed by atoms with E-state index in [1.165, 1.54) is 0 Å². The molecule has 0 spiro atoms. The fourth-order valence-electron chi connectivity index (χ4n) is 1.59. The molecule has 0 aliphatic heterocycles. The maximum absolute atomic E-state index is 10.8. The first-order valence-electron chi connectivity index (χ1n) is 5.59. The average Bonchev–Trinajstić information content (AvgIpc) is 2.56. The first-order valence-corrected chi connectivity index (χ1v) is 5.59. The van der Waals surface area contributed by atoms with E-state index in [-0.39, 0.29) is 11.9 Å². The lowest BCUT2D eigenvalue weighted by Crippen LogP contribution is -2.21. The van der Waals surface area contributed by atoms with Gasteiger partial charge in [0.25, 0.3) is 0 Å². The van der Waals surface area contributed by atoms with Crippen LogP contribution in [0.1, 0.15) is 35.2 Å². The zero-order valence-electron chi connectivity index (χ0n) is 10.4. The fraction of sp³-hybridized carbons (Fsp3) is 0.583. The molecule has 0 saturated heterocycles. The summed E-state index contributed by atoms with van der Waals surface area (Å²) >= 11 is 0. The molecule has 96 valence electrons. The number of aliphatic hydroxyl groups excluding tert-OH is 1. The molecule has 0 saturated carbocycles. The maximum atomic E-state index is 10.8. The van der Waals surface area contributed by atoms with E-state index in [1.807, 2.05) is 11.9 Å². The standard InChI is InChI=1S/C12H19NO4/c1-8-6-10(17-11(8)12(15)16)7-13(3)5-4-9(2)14/h6,9,14H,4-5,7H2,1-3H3,(H,15,16). The van der Waals surface area contributed by atoms with E-state index in [0.29, 0.717) is 24.3 Å². The van der Waals surface area contributed by atoms with Crippen molar-refractivity contribution in [3.63, 3.8) is 0 Å². The number of aromatic carboxylic acids is 1. The minimum atomic E-state index is -1.04. The third-order valence-corrected chi connectivity index (χ3v) is 2.52. The summed E-state index contributed by atoms with van der Waals surface area (Å²) in [5.41, 5.74) is 0.636. The highest BCUT2D eigenvalue weighted by Gasteiger charge is 2.15. The molecule has 1 aromatic rings. The zero-order chi connectivity index (χ0) is 13.0. The van der Waals surface area contributed by atoms with E-state index in [4.69, 9.17) is 14.6 Å². The maximum Gasteiger partial charge on any atom is 0.372 e. The van der Waals surface area contributed by atoms with Crippen molar-refractivity contribution in [1.82, 2.24) is 4.90 Å². The number of carbonyl (C=O) groups is 1. The normalized spacial score (nSPS) is 13.0. The Bertz CT molecular complexity index is 384. The monoisotopic (exact) mass is 241 g/mol. The highest BCUT2D eigenvalue weighted by atomic mass is 16.4. The molecule has 0 aliphatic carbocycles. The molecule has 5 nitrogen and oxygen atoms in total. The van der Waals surface area contributed by atoms with Gasteiger partial charge < -0.3 is 14.6 Å². The summed E-state index contributed by atoms with van der Waals surface area (Å²) in [5, 5.41) is 18.0. The molecule has 1 unspecified atom stereocenters. The van der Waals surface area contributed by atoms with Gasteiger partial charge in [0.1, 0.15) is 5.76 Å². The Kier molecular flexibility index (Phi) is 4.72. The molecule has 1 rings (SSSR count). The van der Waals surface area contributed by atoms with Gasteiger partial charge in [0, 0.05) is 12.1 Å². The molecule has 17 heavy (non-hydrogen) atoms. The topological polar surface area (TPSA) is 73.9 Å². The van der Waals surface area contributed by atoms with Crippen molar-refractivity contribution in [1.29, 1.82) is 0 Å². The summed E-state index contributed by atoms with van der Waals surface area (Å²) in [6, 6.07) is 1.74. The number of hydrogen-bond donors (Lipinski definition) is 2. The van der Waals surface area contributed by atoms with Crippen LogP contribution >= 0.6 is 0 Å². The van der Waals surface area contributed by atoms with Crippen molar-refractivity contribution in [3.8, 4) is 0 Å². The molecule has 1 atom stereocenters. The third-order valence-electron chi connectivity index (χ3n) is 2.52. The van der Waals surface area contributed by atoms with Gasteiger partial charge >= 0.3 is 5.97 Å². The molecule has 0 aliphatic rings. The Morgan fingerprint density at radius 2 is 2.24 bits per heavy atom. The largest absolute Gasteiger partial charge is 0.475 e. The zero-order valence-corrected chi connectivity index (χ0v) is 10.4. The van der Waals surface area contributed by atoms with Crippen molar-refractivity contribution >= 4 is 5.97 Å². The summed E-state index contributed by atoms with van der Waals surface area (Å²) in [6.07, 6.45) is 0.354. The minimum Gasteiger partial charge on any atom is -0.475 e. The van der Waals surface area contributed by atoms with Gasteiger partial charge in [-0.1, -0.05) is 0 Å². The van der Waals surface area contributed by atoms with Crippen LogP contribution in [0.5, 0.6) is 0 Å². The SMILES string of the molecule is Cc1cc(CN(C)CCC(C)O)oc1C(=O)O. The molecular formula is C12H19NO4. The number of nitrogens with zero attached hydrogens (tertiary/aromatic N) is 1. The van der Waals surface area contributed by atoms with E-state index in [0.717, 1.165) is 6.54 Å². The molecular weight excluding hydrogens is 222 g/mol. The Labute approximate surface area is 101 Å². The van der Waals surface area contributed by atoms with E-state index in [9.17, 15) is 4.79 Å². The number of furan rings is 1. The molecule has 1 heterocycles. The van der Waals surface area contributed by atoms with Crippen molar-refractivity contribution in [2.24, 2.45) is 0 Å². The van der Waals surface area contributed by atoms with Crippen LogP contribution in [0, 0.1) is 6.92 Å². The van der Waals surface area contributed by atoms with Gasteiger partial charge in [-0.05, 0) is 33.4 Å². The second kappa shape index (κ2) is 5.84. The van der Waals surface area contributed by atoms with Crippen LogP contribution in [0.3, 0.4) is 0 Å². The molecule has 0 fully saturated rings. The first kappa shape index (κ1) is 13.7. The van der Waals surface area contributed by atoms with E-state index < -0.39 is 5.97 Å². The molecule has 0 bridgehead atoms. The van der Waals surface area contributed by atoms with Gasteiger partial charge in [0.15, 0.2) is 0 Å². The van der Waals surface area contributed by atoms with Crippen molar-refractivity contribution in [2.45, 2.75) is 32.9 Å². The van der Waals surface area contributed by atoms with Gasteiger partial charge in [-0.25, -0.2) is 4.79 Å². The van der Waals surface area contributed by atoms with E-state index in [2.05, 4.69) is 0 Å². The van der Waals surface area contributed by atoms with Gasteiger partial charge in [-0.2, -0.15) is 0 Å². The van der Waals surface area contributed by atoms with Crippen molar-refractivity contribution in [2.75, 3.05) is 13.6 Å². The average molecular weight is 241 g/mol. The summed E-state index contributed by atoms with van der Waals surface area (Å²) in [6.45, 7) is 4.74. The predicted octanol–water partition coefficient (Wildman–Crippen LogP) is 1.49. The van der Waals surface area contributed by atoms with Crippen LogP contribution in [0.2, 0.25) is 0 Å². The Balaban J connectivity index is 2.57. The number of carboxylic acids is 1. The van der Waals surface area contributed by atoms with E-state index in [1.54, 1.807) is 19.9 Å². The lowest BCUT2D eigenvalue weighted by molar-refractivity contribution is 0.0657. The Morgan fingerprint density at radius 3 is 2.71 bits per heavy atom. The Hall–Kier alpha value is -1.33. The molecule has 0 radical (unpaired) electrons. The number of hydrogen-bond acceptors (Lipinski definition) is 4. The highest BCUT2D eigenvalue weighted by molar-refractivity contribution is 5.86. The van der Waals surface area contributed by atoms with Gasteiger partial charge in [-0.15, -0.1) is 0 Å². The third kappa shape index (κ3) is 4.20. The van der Waals surface area contributed by atoms with Gasteiger partial charge in [-0.3, -0.25) is 4.90 Å². The number of aliphatic hydroxyl groups is 1. The van der Waals surface area contributed by atoms with Crippen LogP contribution < -0.4 is 0 Å². The van der Waals surface area contributed by atoms with E-state index >= 15 is 0 Å². The molecule has 0 aromatic carbocycles. The van der Waals surface area contributed by atoms with Crippen LogP contribution in [0.25, 0.3) is 0 Å². The summed E-state index contributed by atoms with van der Waals surface area (Å²) in [7, 11) is 1.90. The van der Waals surface area contributed by atoms with Crippen LogP contribution in [0.15, 0.2) is 10.5 Å². The number of rotatable bonds is 6. The second-order valence-electron chi connectivity index (χ2n) is 4.41. The number of aryl methyl sites for hydroxylation is 1. The van der Waals surface area contributed by atoms with Crippen molar-refractivity contribution < 1.29 is 19.4 Å². The van der Waals surface area contributed by atoms with Crippen LogP contribution in [-0.2, 0) is 6.54 Å². The number of carboxylic acid groups (broad SMARTS) is 1. The van der Waals surface area contributed by atoms with Crippen LogP contribution in [0.4, 0.5) is 0 Å². The van der Waals surface area contributed by atoms with Crippen LogP contribution in [-0.4, -0.2) is 40.8 Å². The fourth-order valence-corrected chi connectivity index (χ4v) is 1.59.